The van der Waals surface area contributed by atoms with Crippen LogP contribution in [0.3, 0.4) is 0 Å². The molecule has 0 atom stereocenters. The van der Waals surface area contributed by atoms with Gasteiger partial charge in [-0.15, -0.1) is 0 Å². The Kier molecular flexibility index (Phi) is 13.9. The topological polar surface area (TPSA) is 149 Å². The Balaban J connectivity index is 0.972. The Morgan fingerprint density at radius 1 is 0.380 bits per heavy atom. The van der Waals surface area contributed by atoms with E-state index in [0.29, 0.717) is 28.3 Å². The molecule has 4 aliphatic heterocycles. The standard InChI is InChI=1S/C82H74N8O2/c1-45-15-20-50(21-16-45)73-62-32-31-59(86-62)58(76-82(13,14)78(92)69(90-76)43-56-25-30-66(84-56)75(67-36-35-64(73)88-67)71-47(3)37-46(2)38-48(71)4)27-19-49-17-22-51(23-18-49)72-60-28-24-55(83-60)42-68-77(91)81(11,12)70(89-68)44-57-26-29-61(85-57)74(65-34-33-63(72)87-65)52-39-53(79(5,6)7)41-54(40-52)80(8,9)10/h15-18,20-26,28-44,83-86H,1-14H3. The number of carbonyl (C=O) groups is 2. The summed E-state index contributed by atoms with van der Waals surface area (Å²) < 4.78 is 0. The molecule has 0 unspecified atom stereocenters. The molecular weight excluding hydrogens is 1130 g/mol. The number of aromatic amines is 4. The van der Waals surface area contributed by atoms with Gasteiger partial charge in [-0.1, -0.05) is 131 Å². The van der Waals surface area contributed by atoms with Gasteiger partial charge in [0.1, 0.15) is 11.4 Å². The highest BCUT2D eigenvalue weighted by Crippen LogP contribution is 2.42. The van der Waals surface area contributed by atoms with Crippen LogP contribution < -0.4 is 0 Å². The average Bonchev–Trinajstić information content (AvgIpc) is 1.58. The molecule has 0 fully saturated rings. The number of carbonyl (C=O) groups excluding carboxylic acids is 2. The van der Waals surface area contributed by atoms with E-state index in [1.807, 2.05) is 82.3 Å². The van der Waals surface area contributed by atoms with Crippen molar-refractivity contribution in [1.29, 1.82) is 0 Å². The second kappa shape index (κ2) is 21.6. The Hall–Kier alpha value is -10.5. The van der Waals surface area contributed by atoms with Gasteiger partial charge in [0.2, 0.25) is 0 Å². The van der Waals surface area contributed by atoms with E-state index in [1.54, 1.807) is 0 Å². The monoisotopic (exact) mass is 1200 g/mol. The van der Waals surface area contributed by atoms with E-state index >= 15 is 0 Å². The van der Waals surface area contributed by atoms with Crippen molar-refractivity contribution >= 4 is 80.0 Å². The normalized spacial score (nSPS) is 14.2. The number of H-pyrrole nitrogens is 4. The van der Waals surface area contributed by atoms with Gasteiger partial charge in [0, 0.05) is 66.4 Å². The van der Waals surface area contributed by atoms with Crippen molar-refractivity contribution in [2.24, 2.45) is 0 Å². The van der Waals surface area contributed by atoms with Gasteiger partial charge in [0.15, 0.2) is 11.6 Å². The number of benzene rings is 4. The minimum absolute atomic E-state index is 0.0464. The first-order valence-electron chi connectivity index (χ1n) is 31.7. The number of aromatic nitrogens is 8. The van der Waals surface area contributed by atoms with E-state index in [4.69, 9.17) is 19.9 Å². The summed E-state index contributed by atoms with van der Waals surface area (Å²) in [6, 6.07) is 50.3. The summed E-state index contributed by atoms with van der Waals surface area (Å²) in [5.74, 6) is 6.98. The zero-order valence-electron chi connectivity index (χ0n) is 54.8. The zero-order valence-corrected chi connectivity index (χ0v) is 54.8. The van der Waals surface area contributed by atoms with E-state index in [2.05, 4.69) is 216 Å². The van der Waals surface area contributed by atoms with Gasteiger partial charge in [-0.05, 0) is 214 Å². The Bertz CT molecular complexity index is 5260. The van der Waals surface area contributed by atoms with Crippen molar-refractivity contribution in [2.45, 2.75) is 119 Å². The minimum atomic E-state index is -1.04. The van der Waals surface area contributed by atoms with Crippen LogP contribution >= 0.6 is 0 Å². The van der Waals surface area contributed by atoms with Crippen LogP contribution in [0.4, 0.5) is 0 Å². The third-order valence-electron chi connectivity index (χ3n) is 18.6. The average molecular weight is 1200 g/mol. The first-order chi connectivity index (χ1) is 43.7. The molecule has 4 aromatic carbocycles. The first-order valence-corrected chi connectivity index (χ1v) is 31.7. The SMILES string of the molecule is Cc1ccc(-c2c3nc(c(-c4c(C)cc(C)cc4C)c4ccc(cc5nc(c(C#Cc6ccc(-c7c8nc(c(-c9cc(C(C)(C)C)cc(C(C)(C)C)c9)c9ccc(cc%10nc(cc%11ccc7[nH]%11)C(=O)C%10(C)C)[nH]9)C=C8)cc6)c6ccc2[nH]6)C(C)(C)C5=O)[nH]4)C=C3)cc1. The molecule has 0 radical (unpaired) electrons. The lowest BCUT2D eigenvalue weighted by atomic mass is 9.79. The molecule has 454 valence electrons. The summed E-state index contributed by atoms with van der Waals surface area (Å²) in [6.07, 6.45) is 8.44. The Morgan fingerprint density at radius 3 is 1.35 bits per heavy atom. The molecule has 0 spiro atoms. The number of hydrogen-bond donors (Lipinski definition) is 4. The van der Waals surface area contributed by atoms with Crippen LogP contribution in [-0.4, -0.2) is 51.4 Å². The highest BCUT2D eigenvalue weighted by molar-refractivity contribution is 6.07. The second-order valence-corrected chi connectivity index (χ2v) is 28.4. The van der Waals surface area contributed by atoms with Crippen LogP contribution in [0, 0.1) is 39.5 Å². The molecule has 0 amide bonds. The number of nitrogens with one attached hydrogen (secondary N) is 4. The molecule has 0 saturated heterocycles. The molecule has 10 aromatic rings. The Labute approximate surface area is 537 Å². The largest absolute Gasteiger partial charge is 0.355 e. The number of Topliss-reactive ketones (excluding diaryl/α,β-unsaturated/α-hetero) is 2. The van der Waals surface area contributed by atoms with E-state index < -0.39 is 10.8 Å². The predicted molar refractivity (Wildman–Crippen MR) is 379 cm³/mol. The van der Waals surface area contributed by atoms with Crippen LogP contribution in [0.1, 0.15) is 169 Å². The lowest BCUT2D eigenvalue weighted by Crippen LogP contribution is -2.24. The maximum absolute atomic E-state index is 14.8. The van der Waals surface area contributed by atoms with E-state index in [1.165, 1.54) is 16.7 Å². The molecule has 4 aliphatic rings. The van der Waals surface area contributed by atoms with Gasteiger partial charge < -0.3 is 19.9 Å². The predicted octanol–water partition coefficient (Wildman–Crippen LogP) is 19.5. The maximum atomic E-state index is 14.8. The van der Waals surface area contributed by atoms with Crippen molar-refractivity contribution < 1.29 is 9.59 Å². The zero-order chi connectivity index (χ0) is 64.5. The summed E-state index contributed by atoms with van der Waals surface area (Å²) >= 11 is 0. The molecule has 10 nitrogen and oxygen atoms in total. The number of nitrogens with zero attached hydrogens (tertiary/aromatic N) is 4. The third-order valence-corrected chi connectivity index (χ3v) is 18.6. The van der Waals surface area contributed by atoms with Crippen LogP contribution in [0.15, 0.2) is 146 Å². The van der Waals surface area contributed by atoms with Gasteiger partial charge in [-0.2, -0.15) is 0 Å². The van der Waals surface area contributed by atoms with Crippen molar-refractivity contribution in [1.82, 2.24) is 39.9 Å². The molecule has 6 aromatic heterocycles. The van der Waals surface area contributed by atoms with E-state index in [9.17, 15) is 9.59 Å². The van der Waals surface area contributed by atoms with Crippen molar-refractivity contribution in [3.05, 3.63) is 236 Å². The summed E-state index contributed by atoms with van der Waals surface area (Å²) in [7, 11) is 0. The number of hydrogen-bond acceptors (Lipinski definition) is 6. The van der Waals surface area contributed by atoms with E-state index in [0.717, 1.165) is 134 Å². The number of rotatable bonds is 4. The van der Waals surface area contributed by atoms with Crippen molar-refractivity contribution in [3.63, 3.8) is 0 Å². The third kappa shape index (κ3) is 10.5. The molecule has 4 N–H and O–H groups in total. The van der Waals surface area contributed by atoms with Gasteiger partial charge in [-0.3, -0.25) is 9.59 Å². The van der Waals surface area contributed by atoms with Gasteiger partial charge in [0.25, 0.3) is 0 Å². The number of aryl methyl sites for hydroxylation is 4. The van der Waals surface area contributed by atoms with Crippen molar-refractivity contribution in [2.75, 3.05) is 0 Å². The molecule has 14 rings (SSSR count). The van der Waals surface area contributed by atoms with Gasteiger partial charge >= 0.3 is 0 Å². The quantitative estimate of drug-likeness (QED) is 0.129. The molecule has 0 aliphatic carbocycles. The first kappa shape index (κ1) is 59.1. The van der Waals surface area contributed by atoms with Gasteiger partial charge in [0.05, 0.1) is 56.1 Å². The molecule has 10 heteroatoms. The Morgan fingerprint density at radius 2 is 0.815 bits per heavy atom. The summed E-state index contributed by atoms with van der Waals surface area (Å²) in [5.41, 5.74) is 25.9. The fourth-order valence-corrected chi connectivity index (χ4v) is 13.4. The summed E-state index contributed by atoms with van der Waals surface area (Å²) in [5, 5.41) is 0. The lowest BCUT2D eigenvalue weighted by Gasteiger charge is -2.26. The molecular formula is C82H74N8O2. The highest BCUT2D eigenvalue weighted by Gasteiger charge is 2.41. The highest BCUT2D eigenvalue weighted by atomic mass is 16.1. The summed E-state index contributed by atoms with van der Waals surface area (Å²) in [6.45, 7) is 29.9. The fraction of sp³-hybridized carbons (Fsp3) is 0.220. The van der Waals surface area contributed by atoms with Crippen LogP contribution in [-0.2, 0) is 21.7 Å². The van der Waals surface area contributed by atoms with Crippen LogP contribution in [0.2, 0.25) is 0 Å². The lowest BCUT2D eigenvalue weighted by molar-refractivity contribution is 0.0913. The van der Waals surface area contributed by atoms with Gasteiger partial charge in [-0.25, -0.2) is 19.9 Å². The maximum Gasteiger partial charge on any atom is 0.192 e. The van der Waals surface area contributed by atoms with Crippen molar-refractivity contribution in [3.8, 4) is 56.3 Å². The number of fused-ring (bicyclic) bond motifs is 16. The molecule has 10 heterocycles. The minimum Gasteiger partial charge on any atom is -0.355 e. The van der Waals surface area contributed by atoms with E-state index in [-0.39, 0.29) is 22.4 Å². The van der Waals surface area contributed by atoms with Crippen LogP contribution in [0.25, 0.3) is 113 Å². The van der Waals surface area contributed by atoms with Crippen LogP contribution in [0.5, 0.6) is 0 Å². The fourth-order valence-electron chi connectivity index (χ4n) is 13.4. The second-order valence-electron chi connectivity index (χ2n) is 28.4. The molecule has 92 heavy (non-hydrogen) atoms. The molecule has 0 saturated carbocycles. The number of ketones is 2. The smallest absolute Gasteiger partial charge is 0.192 e. The molecule has 16 bridgehead atoms. The summed E-state index contributed by atoms with van der Waals surface area (Å²) in [4.78, 5) is 65.2.